The maximum absolute atomic E-state index is 13.5. The van der Waals surface area contributed by atoms with E-state index in [0.717, 1.165) is 28.3 Å². The summed E-state index contributed by atoms with van der Waals surface area (Å²) in [7, 11) is 0. The average molecular weight is 382 g/mol. The minimum Gasteiger partial charge on any atom is -0.308 e. The third kappa shape index (κ3) is 2.70. The zero-order chi connectivity index (χ0) is 19.2. The molecule has 3 amide bonds. The van der Waals surface area contributed by atoms with Crippen molar-refractivity contribution in [1.29, 1.82) is 0 Å². The number of amides is 3. The van der Waals surface area contributed by atoms with Gasteiger partial charge in [0, 0.05) is 29.6 Å². The Kier molecular flexibility index (Phi) is 4.38. The van der Waals surface area contributed by atoms with E-state index in [1.54, 1.807) is 16.7 Å². The maximum atomic E-state index is 13.5. The Bertz CT molecular complexity index is 897. The minimum atomic E-state index is -0.977. The van der Waals surface area contributed by atoms with E-state index >= 15 is 0 Å². The second-order valence-corrected chi connectivity index (χ2v) is 8.51. The van der Waals surface area contributed by atoms with Crippen molar-refractivity contribution in [1.82, 2.24) is 4.90 Å². The molecule has 2 aromatic rings. The van der Waals surface area contributed by atoms with Crippen LogP contribution >= 0.6 is 11.8 Å². The van der Waals surface area contributed by atoms with Gasteiger partial charge in [-0.2, -0.15) is 0 Å². The third-order valence-corrected chi connectivity index (χ3v) is 6.53. The summed E-state index contributed by atoms with van der Waals surface area (Å²) in [5.41, 5.74) is 3.68. The number of nitrogens with zero attached hydrogens (tertiary/aromatic N) is 2. The molecular weight excluding hydrogens is 358 g/mol. The van der Waals surface area contributed by atoms with Gasteiger partial charge in [-0.1, -0.05) is 35.9 Å². The van der Waals surface area contributed by atoms with Gasteiger partial charge in [-0.15, -0.1) is 11.8 Å². The summed E-state index contributed by atoms with van der Waals surface area (Å²) >= 11 is 1.55. The second-order valence-electron chi connectivity index (χ2n) is 7.23. The van der Waals surface area contributed by atoms with E-state index in [2.05, 4.69) is 5.32 Å². The summed E-state index contributed by atoms with van der Waals surface area (Å²) in [6, 6.07) is 15.3. The highest BCUT2D eigenvalue weighted by Gasteiger charge is 2.59. The first-order valence-electron chi connectivity index (χ1n) is 9.17. The predicted molar refractivity (Wildman–Crippen MR) is 110 cm³/mol. The lowest BCUT2D eigenvalue weighted by atomic mass is 10.1. The average Bonchev–Trinajstić information content (AvgIpc) is 3.19. The standard InChI is InChI=1S/C21H23N3O2S/c1-14(2)24-18-7-5-4-6-17(18)21(19(24)25)23(12-13-27-21)20(26)22-16-10-8-15(3)9-11-16/h4-11,14H,12-13H2,1-3H3,(H,22,26)/t21-/m0/s1. The van der Waals surface area contributed by atoms with Gasteiger partial charge in [-0.05, 0) is 39.0 Å². The minimum absolute atomic E-state index is 0.0275. The summed E-state index contributed by atoms with van der Waals surface area (Å²) < 4.78 is 0. The Morgan fingerprint density at radius 3 is 2.56 bits per heavy atom. The molecule has 5 nitrogen and oxygen atoms in total. The molecule has 1 spiro atoms. The highest BCUT2D eigenvalue weighted by atomic mass is 32.2. The van der Waals surface area contributed by atoms with Crippen LogP contribution in [0.15, 0.2) is 48.5 Å². The van der Waals surface area contributed by atoms with Crippen LogP contribution in [0, 0.1) is 6.92 Å². The highest BCUT2D eigenvalue weighted by molar-refractivity contribution is 8.01. The lowest BCUT2D eigenvalue weighted by molar-refractivity contribution is -0.123. The normalized spacial score (nSPS) is 21.3. The van der Waals surface area contributed by atoms with Crippen LogP contribution in [0.2, 0.25) is 0 Å². The molecule has 1 atom stereocenters. The first kappa shape index (κ1) is 17.9. The number of benzene rings is 2. The fourth-order valence-corrected chi connectivity index (χ4v) is 5.31. The van der Waals surface area contributed by atoms with Crippen molar-refractivity contribution in [3.05, 3.63) is 59.7 Å². The molecule has 6 heteroatoms. The van der Waals surface area contributed by atoms with E-state index in [9.17, 15) is 9.59 Å². The van der Waals surface area contributed by atoms with Gasteiger partial charge in [0.2, 0.25) is 0 Å². The van der Waals surface area contributed by atoms with Crippen LogP contribution in [0.25, 0.3) is 0 Å². The van der Waals surface area contributed by atoms with Crippen LogP contribution in [-0.4, -0.2) is 35.2 Å². The van der Waals surface area contributed by atoms with Gasteiger partial charge in [0.1, 0.15) is 0 Å². The third-order valence-electron chi connectivity index (χ3n) is 5.11. The molecule has 0 bridgehead atoms. The van der Waals surface area contributed by atoms with E-state index in [0.29, 0.717) is 6.54 Å². The quantitative estimate of drug-likeness (QED) is 0.849. The number of rotatable bonds is 2. The molecule has 0 unspecified atom stereocenters. The molecular formula is C21H23N3O2S. The van der Waals surface area contributed by atoms with Crippen LogP contribution in [0.4, 0.5) is 16.2 Å². The van der Waals surface area contributed by atoms with Crippen LogP contribution in [-0.2, 0) is 9.67 Å². The maximum Gasteiger partial charge on any atom is 0.323 e. The Morgan fingerprint density at radius 1 is 1.15 bits per heavy atom. The van der Waals surface area contributed by atoms with E-state index in [-0.39, 0.29) is 18.0 Å². The molecule has 1 fully saturated rings. The summed E-state index contributed by atoms with van der Waals surface area (Å²) in [5, 5.41) is 2.96. The van der Waals surface area contributed by atoms with Gasteiger partial charge in [0.15, 0.2) is 4.87 Å². The fourth-order valence-electron chi connectivity index (χ4n) is 3.86. The number of fused-ring (bicyclic) bond motifs is 2. The first-order valence-corrected chi connectivity index (χ1v) is 10.2. The van der Waals surface area contributed by atoms with Crippen molar-refractivity contribution in [2.75, 3.05) is 22.5 Å². The van der Waals surface area contributed by atoms with Crippen molar-refractivity contribution in [2.45, 2.75) is 31.7 Å². The Hall–Kier alpha value is -2.47. The molecule has 1 N–H and O–H groups in total. The number of para-hydroxylation sites is 1. The number of nitrogens with one attached hydrogen (secondary N) is 1. The Balaban J connectivity index is 1.72. The Labute approximate surface area is 163 Å². The van der Waals surface area contributed by atoms with Gasteiger partial charge in [-0.3, -0.25) is 9.69 Å². The second kappa shape index (κ2) is 6.60. The molecule has 2 aliphatic heterocycles. The first-order chi connectivity index (χ1) is 12.9. The van der Waals surface area contributed by atoms with Crippen LogP contribution in [0.1, 0.15) is 25.0 Å². The molecule has 27 heavy (non-hydrogen) atoms. The number of carbonyl (C=O) groups is 2. The van der Waals surface area contributed by atoms with Crippen LogP contribution in [0.5, 0.6) is 0 Å². The largest absolute Gasteiger partial charge is 0.323 e. The SMILES string of the molecule is Cc1ccc(NC(=O)N2CCS[C@@]23C(=O)N(C(C)C)c2ccccc23)cc1. The van der Waals surface area contributed by atoms with Gasteiger partial charge in [0.25, 0.3) is 5.91 Å². The molecule has 2 aromatic carbocycles. The summed E-state index contributed by atoms with van der Waals surface area (Å²) in [6.07, 6.45) is 0. The van der Waals surface area contributed by atoms with Crippen LogP contribution in [0.3, 0.4) is 0 Å². The lowest BCUT2D eigenvalue weighted by Crippen LogP contribution is -2.52. The molecule has 0 radical (unpaired) electrons. The molecule has 4 rings (SSSR count). The van der Waals surface area contributed by atoms with Crippen LogP contribution < -0.4 is 10.2 Å². The van der Waals surface area contributed by atoms with Gasteiger partial charge >= 0.3 is 6.03 Å². The zero-order valence-electron chi connectivity index (χ0n) is 15.7. The van der Waals surface area contributed by atoms with Crippen molar-refractivity contribution >= 4 is 35.1 Å². The number of urea groups is 1. The molecule has 140 valence electrons. The molecule has 2 aliphatic rings. The number of anilines is 2. The van der Waals surface area contributed by atoms with Crippen molar-refractivity contribution in [2.24, 2.45) is 0 Å². The fraction of sp³-hybridized carbons (Fsp3) is 0.333. The molecule has 1 saturated heterocycles. The van der Waals surface area contributed by atoms with E-state index in [1.807, 2.05) is 74.2 Å². The zero-order valence-corrected chi connectivity index (χ0v) is 16.5. The smallest absolute Gasteiger partial charge is 0.308 e. The number of thioether (sulfide) groups is 1. The number of hydrogen-bond acceptors (Lipinski definition) is 3. The molecule has 0 aliphatic carbocycles. The summed E-state index contributed by atoms with van der Waals surface area (Å²) in [5.74, 6) is 0.702. The number of carbonyl (C=O) groups excluding carboxylic acids is 2. The summed E-state index contributed by atoms with van der Waals surface area (Å²) in [6.45, 7) is 6.55. The topological polar surface area (TPSA) is 52.7 Å². The number of aryl methyl sites for hydroxylation is 1. The lowest BCUT2D eigenvalue weighted by Gasteiger charge is -2.33. The predicted octanol–water partition coefficient (Wildman–Crippen LogP) is 4.18. The Morgan fingerprint density at radius 2 is 1.85 bits per heavy atom. The molecule has 0 aromatic heterocycles. The summed E-state index contributed by atoms with van der Waals surface area (Å²) in [4.78, 5) is 29.2. The van der Waals surface area contributed by atoms with Crippen molar-refractivity contribution in [3.8, 4) is 0 Å². The van der Waals surface area contributed by atoms with Gasteiger partial charge in [-0.25, -0.2) is 4.79 Å². The van der Waals surface area contributed by atoms with Gasteiger partial charge in [0.05, 0.1) is 5.69 Å². The number of hydrogen-bond donors (Lipinski definition) is 1. The van der Waals surface area contributed by atoms with Crippen molar-refractivity contribution < 1.29 is 9.59 Å². The van der Waals surface area contributed by atoms with E-state index < -0.39 is 4.87 Å². The highest BCUT2D eigenvalue weighted by Crippen LogP contribution is 2.54. The van der Waals surface area contributed by atoms with Gasteiger partial charge < -0.3 is 10.2 Å². The molecule has 2 heterocycles. The van der Waals surface area contributed by atoms with Crippen molar-refractivity contribution in [3.63, 3.8) is 0 Å². The van der Waals surface area contributed by atoms with E-state index in [4.69, 9.17) is 0 Å². The monoisotopic (exact) mass is 381 g/mol. The van der Waals surface area contributed by atoms with E-state index in [1.165, 1.54) is 0 Å². The molecule has 0 saturated carbocycles.